The van der Waals surface area contributed by atoms with Crippen LogP contribution in [0.25, 0.3) is 5.57 Å². The Hall–Kier alpha value is -2.50. The number of carbonyl (C=O) groups is 1. The molecular formula is C18H16F3N3O3S2. The maximum Gasteiger partial charge on any atom is 0.416 e. The smallest absolute Gasteiger partial charge is 0.308 e. The van der Waals surface area contributed by atoms with Crippen molar-refractivity contribution in [3.8, 4) is 0 Å². The Labute approximate surface area is 169 Å². The van der Waals surface area contributed by atoms with Gasteiger partial charge in [0.2, 0.25) is 10.0 Å². The first-order valence-electron chi connectivity index (χ1n) is 8.27. The maximum absolute atomic E-state index is 12.8. The molecule has 0 atom stereocenters. The van der Waals surface area contributed by atoms with Crippen LogP contribution < -0.4 is 15.8 Å². The summed E-state index contributed by atoms with van der Waals surface area (Å²) in [5.41, 5.74) is 0.749. The van der Waals surface area contributed by atoms with Gasteiger partial charge in [-0.05, 0) is 47.7 Å². The lowest BCUT2D eigenvalue weighted by atomic mass is 10.0. The van der Waals surface area contributed by atoms with Crippen LogP contribution in [0.2, 0.25) is 0 Å². The summed E-state index contributed by atoms with van der Waals surface area (Å²) in [5.74, 6) is 0.849. The topological polar surface area (TPSA) is 101 Å². The van der Waals surface area contributed by atoms with E-state index in [2.05, 4.69) is 10.6 Å². The molecule has 154 valence electrons. The first kappa shape index (κ1) is 21.2. The van der Waals surface area contributed by atoms with Crippen molar-refractivity contribution in [2.45, 2.75) is 17.5 Å². The lowest BCUT2D eigenvalue weighted by molar-refractivity contribution is -0.137. The van der Waals surface area contributed by atoms with Gasteiger partial charge in [0.1, 0.15) is 0 Å². The number of hydrogen-bond donors (Lipinski definition) is 3. The van der Waals surface area contributed by atoms with Crippen LogP contribution in [0.15, 0.2) is 52.8 Å². The van der Waals surface area contributed by atoms with E-state index in [1.54, 1.807) is 11.8 Å². The van der Waals surface area contributed by atoms with Gasteiger partial charge in [-0.2, -0.15) is 13.2 Å². The van der Waals surface area contributed by atoms with Crippen molar-refractivity contribution >= 4 is 44.8 Å². The molecule has 6 nitrogen and oxygen atoms in total. The lowest BCUT2D eigenvalue weighted by Crippen LogP contribution is -2.21. The highest BCUT2D eigenvalue weighted by atomic mass is 32.2. The Morgan fingerprint density at radius 3 is 2.48 bits per heavy atom. The first-order chi connectivity index (χ1) is 13.5. The third kappa shape index (κ3) is 5.31. The van der Waals surface area contributed by atoms with Gasteiger partial charge in [0.05, 0.1) is 16.1 Å². The van der Waals surface area contributed by atoms with Gasteiger partial charge in [-0.15, -0.1) is 11.8 Å². The van der Waals surface area contributed by atoms with Gasteiger partial charge in [-0.3, -0.25) is 0 Å². The fourth-order valence-corrected chi connectivity index (χ4v) is 4.17. The largest absolute Gasteiger partial charge is 0.416 e. The van der Waals surface area contributed by atoms with Crippen LogP contribution in [0, 0.1) is 0 Å². The molecule has 11 heteroatoms. The van der Waals surface area contributed by atoms with Crippen LogP contribution in [-0.2, 0) is 16.2 Å². The molecule has 0 bridgehead atoms. The minimum atomic E-state index is -4.54. The number of amides is 2. The number of nitrogens with two attached hydrogens (primary N) is 1. The van der Waals surface area contributed by atoms with Crippen molar-refractivity contribution in [1.82, 2.24) is 0 Å². The second kappa shape index (κ2) is 8.09. The Bertz CT molecular complexity index is 1080. The van der Waals surface area contributed by atoms with Crippen LogP contribution in [0.1, 0.15) is 17.5 Å². The van der Waals surface area contributed by atoms with Gasteiger partial charge in [0.25, 0.3) is 0 Å². The van der Waals surface area contributed by atoms with Gasteiger partial charge in [0.15, 0.2) is 0 Å². The zero-order chi connectivity index (χ0) is 21.2. The molecular weight excluding hydrogens is 427 g/mol. The van der Waals surface area contributed by atoms with Crippen molar-refractivity contribution in [2.75, 3.05) is 16.4 Å². The Balaban J connectivity index is 1.87. The number of thioether (sulfide) groups is 1. The highest BCUT2D eigenvalue weighted by Crippen LogP contribution is 2.35. The molecule has 2 aromatic rings. The number of alkyl halides is 3. The summed E-state index contributed by atoms with van der Waals surface area (Å²) in [6, 6.07) is 7.46. The normalized spacial score (nSPS) is 14.4. The van der Waals surface area contributed by atoms with E-state index in [1.165, 1.54) is 30.3 Å². The molecule has 0 unspecified atom stereocenters. The Kier molecular flexibility index (Phi) is 5.92. The maximum atomic E-state index is 12.8. The lowest BCUT2D eigenvalue weighted by Gasteiger charge is -2.15. The monoisotopic (exact) mass is 443 g/mol. The number of sulfonamides is 1. The highest BCUT2D eigenvalue weighted by molar-refractivity contribution is 8.02. The molecule has 1 heterocycles. The van der Waals surface area contributed by atoms with Gasteiger partial charge in [0, 0.05) is 17.0 Å². The predicted molar refractivity (Wildman–Crippen MR) is 107 cm³/mol. The first-order valence-corrected chi connectivity index (χ1v) is 10.9. The third-order valence-electron chi connectivity index (χ3n) is 4.08. The molecule has 2 aromatic carbocycles. The summed E-state index contributed by atoms with van der Waals surface area (Å²) in [7, 11) is -4.00. The molecule has 2 amide bonds. The highest BCUT2D eigenvalue weighted by Gasteiger charge is 2.30. The fourth-order valence-electron chi connectivity index (χ4n) is 2.73. The van der Waals surface area contributed by atoms with Crippen molar-refractivity contribution in [1.29, 1.82) is 0 Å². The number of benzene rings is 2. The van der Waals surface area contributed by atoms with Gasteiger partial charge in [-0.1, -0.05) is 12.1 Å². The van der Waals surface area contributed by atoms with Crippen LogP contribution in [0.3, 0.4) is 0 Å². The zero-order valence-electron chi connectivity index (χ0n) is 14.8. The van der Waals surface area contributed by atoms with E-state index in [1.807, 2.05) is 5.41 Å². The number of anilines is 2. The van der Waals surface area contributed by atoms with E-state index >= 15 is 0 Å². The molecule has 0 radical (unpaired) electrons. The Morgan fingerprint density at radius 2 is 1.86 bits per heavy atom. The number of urea groups is 1. The number of rotatable bonds is 4. The summed E-state index contributed by atoms with van der Waals surface area (Å²) in [4.78, 5) is 12.2. The predicted octanol–water partition coefficient (Wildman–Crippen LogP) is 4.47. The molecule has 29 heavy (non-hydrogen) atoms. The number of carbonyl (C=O) groups excluding carboxylic acids is 1. The Morgan fingerprint density at radius 1 is 1.10 bits per heavy atom. The number of allylic oxidation sites excluding steroid dienone is 1. The van der Waals surface area contributed by atoms with Gasteiger partial charge < -0.3 is 10.6 Å². The minimum Gasteiger partial charge on any atom is -0.308 e. The standard InChI is InChI=1S/C18H16F3N3O3S2/c19-18(20,21)12-2-1-3-13(8-12)23-17(25)24-16-9-14(29(22,26)27)4-5-15(16)11-6-7-28-10-11/h1-5,8-10H,6-7H2,(H2,22,26,27)(H2,23,24,25). The number of nitrogens with one attached hydrogen (secondary N) is 2. The van der Waals surface area contributed by atoms with Crippen LogP contribution in [0.4, 0.5) is 29.3 Å². The molecule has 0 spiro atoms. The van der Waals surface area contributed by atoms with Gasteiger partial charge >= 0.3 is 12.2 Å². The quantitative estimate of drug-likeness (QED) is 0.649. The summed E-state index contributed by atoms with van der Waals surface area (Å²) in [5, 5.41) is 11.9. The number of primary sulfonamides is 1. The average Bonchev–Trinajstić information content (AvgIpc) is 3.14. The van der Waals surface area contributed by atoms with E-state index in [9.17, 15) is 26.4 Å². The van der Waals surface area contributed by atoms with E-state index in [4.69, 9.17) is 5.14 Å². The minimum absolute atomic E-state index is 0.0582. The molecule has 0 saturated heterocycles. The summed E-state index contributed by atoms with van der Waals surface area (Å²) in [6.45, 7) is 0. The van der Waals surface area contributed by atoms with E-state index in [-0.39, 0.29) is 16.3 Å². The number of hydrogen-bond acceptors (Lipinski definition) is 4. The summed E-state index contributed by atoms with van der Waals surface area (Å²) >= 11 is 1.58. The third-order valence-corrected chi connectivity index (χ3v) is 5.88. The van der Waals surface area contributed by atoms with Gasteiger partial charge in [-0.25, -0.2) is 18.4 Å². The summed E-state index contributed by atoms with van der Waals surface area (Å²) < 4.78 is 61.8. The second-order valence-corrected chi connectivity index (χ2v) is 8.71. The molecule has 1 aliphatic heterocycles. The van der Waals surface area contributed by atoms with Crippen LogP contribution >= 0.6 is 11.8 Å². The van der Waals surface area contributed by atoms with Crippen molar-refractivity contribution in [3.63, 3.8) is 0 Å². The van der Waals surface area contributed by atoms with E-state index in [0.29, 0.717) is 5.56 Å². The van der Waals surface area contributed by atoms with Crippen molar-refractivity contribution < 1.29 is 26.4 Å². The van der Waals surface area contributed by atoms with Crippen LogP contribution in [0.5, 0.6) is 0 Å². The van der Waals surface area contributed by atoms with Crippen molar-refractivity contribution in [3.05, 3.63) is 59.0 Å². The molecule has 0 saturated carbocycles. The summed E-state index contributed by atoms with van der Waals surface area (Å²) in [6.07, 6.45) is -3.82. The van der Waals surface area contributed by atoms with E-state index < -0.39 is 27.8 Å². The fraction of sp³-hybridized carbons (Fsp3) is 0.167. The van der Waals surface area contributed by atoms with Crippen molar-refractivity contribution in [2.24, 2.45) is 5.14 Å². The molecule has 0 aromatic heterocycles. The SMILES string of the molecule is NS(=O)(=O)c1ccc(C2=CSCC2)c(NC(=O)Nc2cccc(C(F)(F)F)c2)c1. The van der Waals surface area contributed by atoms with Crippen LogP contribution in [-0.4, -0.2) is 20.2 Å². The molecule has 3 rings (SSSR count). The number of halogens is 3. The molecule has 0 fully saturated rings. The zero-order valence-corrected chi connectivity index (χ0v) is 16.4. The molecule has 4 N–H and O–H groups in total. The molecule has 1 aliphatic rings. The molecule has 0 aliphatic carbocycles. The average molecular weight is 443 g/mol. The second-order valence-electron chi connectivity index (χ2n) is 6.17. The van der Waals surface area contributed by atoms with E-state index in [0.717, 1.165) is 29.9 Å².